The number of carbonyl (C=O) groups is 1. The van der Waals surface area contributed by atoms with Crippen molar-refractivity contribution in [1.82, 2.24) is 20.0 Å². The van der Waals surface area contributed by atoms with Crippen LogP contribution in [0.5, 0.6) is 0 Å². The van der Waals surface area contributed by atoms with Crippen molar-refractivity contribution >= 4 is 29.9 Å². The molecule has 2 aromatic rings. The summed E-state index contributed by atoms with van der Waals surface area (Å²) in [7, 11) is 0. The maximum Gasteiger partial charge on any atom is 0.257 e. The van der Waals surface area contributed by atoms with E-state index in [9.17, 15) is 4.79 Å². The van der Waals surface area contributed by atoms with E-state index in [0.29, 0.717) is 12.0 Å². The molecular weight excluding hydrogens is 395 g/mol. The lowest BCUT2D eigenvalue weighted by Crippen LogP contribution is -2.44. The van der Waals surface area contributed by atoms with Gasteiger partial charge in [-0.1, -0.05) is 29.8 Å². The highest BCUT2D eigenvalue weighted by Gasteiger charge is 2.38. The van der Waals surface area contributed by atoms with Gasteiger partial charge in [0.15, 0.2) is 0 Å². The van der Waals surface area contributed by atoms with Gasteiger partial charge < -0.3 is 10.2 Å². The van der Waals surface area contributed by atoms with Crippen LogP contribution in [0.4, 0.5) is 0 Å². The van der Waals surface area contributed by atoms with E-state index in [1.165, 1.54) is 6.42 Å². The summed E-state index contributed by atoms with van der Waals surface area (Å²) in [6.07, 6.45) is 3.43. The number of aromatic nitrogens is 2. The second-order valence-electron chi connectivity index (χ2n) is 8.01. The SMILES string of the molecule is Cc1nn(Cc2ccccc2Cl)c(C)c1C(=O)N1CCC2(CCNC2)CC1.Cl. The highest BCUT2D eigenvalue weighted by atomic mass is 35.5. The van der Waals surface area contributed by atoms with Gasteiger partial charge >= 0.3 is 0 Å². The number of rotatable bonds is 3. The van der Waals surface area contributed by atoms with Crippen LogP contribution in [0.2, 0.25) is 5.02 Å². The zero-order chi connectivity index (χ0) is 19.0. The van der Waals surface area contributed by atoms with Crippen molar-refractivity contribution in [2.24, 2.45) is 5.41 Å². The van der Waals surface area contributed by atoms with E-state index in [4.69, 9.17) is 11.6 Å². The Morgan fingerprint density at radius 3 is 2.57 bits per heavy atom. The number of carbonyl (C=O) groups excluding carboxylic acids is 1. The van der Waals surface area contributed by atoms with Gasteiger partial charge in [-0.2, -0.15) is 5.10 Å². The third-order valence-electron chi connectivity index (χ3n) is 6.32. The lowest BCUT2D eigenvalue weighted by atomic mass is 9.78. The molecule has 0 atom stereocenters. The number of amides is 1. The van der Waals surface area contributed by atoms with Crippen molar-refractivity contribution in [3.63, 3.8) is 0 Å². The van der Waals surface area contributed by atoms with Gasteiger partial charge in [0.05, 0.1) is 17.8 Å². The Morgan fingerprint density at radius 2 is 1.93 bits per heavy atom. The predicted molar refractivity (Wildman–Crippen MR) is 115 cm³/mol. The minimum atomic E-state index is 0. The van der Waals surface area contributed by atoms with Gasteiger partial charge in [-0.05, 0) is 56.7 Å². The third-order valence-corrected chi connectivity index (χ3v) is 6.69. The van der Waals surface area contributed by atoms with Crippen LogP contribution in [0.15, 0.2) is 24.3 Å². The monoisotopic (exact) mass is 422 g/mol. The van der Waals surface area contributed by atoms with Crippen LogP contribution in [0.3, 0.4) is 0 Å². The standard InChI is InChI=1S/C21H27ClN4O.ClH/c1-15-19(16(2)26(24-15)13-17-5-3-4-6-18(17)22)20(27)25-11-8-21(9-12-25)7-10-23-14-21;/h3-6,23H,7-14H2,1-2H3;1H. The topological polar surface area (TPSA) is 50.2 Å². The molecule has 1 N–H and O–H groups in total. The van der Waals surface area contributed by atoms with E-state index in [2.05, 4.69) is 10.4 Å². The average molecular weight is 423 g/mol. The summed E-state index contributed by atoms with van der Waals surface area (Å²) in [5.41, 5.74) is 3.89. The molecule has 2 fully saturated rings. The zero-order valence-corrected chi connectivity index (χ0v) is 18.1. The molecule has 1 aromatic carbocycles. The number of aryl methyl sites for hydroxylation is 1. The number of nitrogens with one attached hydrogen (secondary N) is 1. The van der Waals surface area contributed by atoms with Crippen LogP contribution < -0.4 is 5.32 Å². The van der Waals surface area contributed by atoms with Crippen LogP contribution in [-0.2, 0) is 6.54 Å². The van der Waals surface area contributed by atoms with Crippen molar-refractivity contribution in [3.8, 4) is 0 Å². The average Bonchev–Trinajstić information content (AvgIpc) is 3.22. The molecule has 1 amide bonds. The molecular formula is C21H28Cl2N4O. The van der Waals surface area contributed by atoms with Crippen LogP contribution in [-0.4, -0.2) is 46.8 Å². The van der Waals surface area contributed by atoms with Gasteiger partial charge in [-0.3, -0.25) is 9.48 Å². The van der Waals surface area contributed by atoms with Crippen molar-refractivity contribution in [2.75, 3.05) is 26.2 Å². The Labute approximate surface area is 177 Å². The molecule has 152 valence electrons. The molecule has 7 heteroatoms. The number of likely N-dealkylation sites (tertiary alicyclic amines) is 1. The molecule has 5 nitrogen and oxygen atoms in total. The summed E-state index contributed by atoms with van der Waals surface area (Å²) in [6, 6.07) is 7.78. The molecule has 28 heavy (non-hydrogen) atoms. The van der Waals surface area contributed by atoms with Crippen molar-refractivity contribution in [1.29, 1.82) is 0 Å². The molecule has 1 aromatic heterocycles. The smallest absolute Gasteiger partial charge is 0.257 e. The minimum absolute atomic E-state index is 0. The van der Waals surface area contributed by atoms with Crippen LogP contribution in [0.25, 0.3) is 0 Å². The van der Waals surface area contributed by atoms with Gasteiger partial charge in [0, 0.05) is 30.4 Å². The van der Waals surface area contributed by atoms with E-state index in [1.807, 2.05) is 47.7 Å². The fourth-order valence-electron chi connectivity index (χ4n) is 4.51. The third kappa shape index (κ3) is 3.93. The summed E-state index contributed by atoms with van der Waals surface area (Å²) in [5, 5.41) is 8.84. The van der Waals surface area contributed by atoms with Crippen LogP contribution >= 0.6 is 24.0 Å². The molecule has 0 unspecified atom stereocenters. The van der Waals surface area contributed by atoms with Crippen molar-refractivity contribution in [2.45, 2.75) is 39.7 Å². The zero-order valence-electron chi connectivity index (χ0n) is 16.5. The fourth-order valence-corrected chi connectivity index (χ4v) is 4.71. The summed E-state index contributed by atoms with van der Waals surface area (Å²) in [4.78, 5) is 15.2. The number of hydrogen-bond acceptors (Lipinski definition) is 3. The van der Waals surface area contributed by atoms with Gasteiger partial charge in [0.25, 0.3) is 5.91 Å². The predicted octanol–water partition coefficient (Wildman–Crippen LogP) is 3.84. The van der Waals surface area contributed by atoms with Crippen molar-refractivity contribution < 1.29 is 4.79 Å². The lowest BCUT2D eigenvalue weighted by Gasteiger charge is -2.38. The molecule has 2 aliphatic heterocycles. The summed E-state index contributed by atoms with van der Waals surface area (Å²) >= 11 is 6.30. The summed E-state index contributed by atoms with van der Waals surface area (Å²) < 4.78 is 1.90. The number of benzene rings is 1. The van der Waals surface area contributed by atoms with Crippen LogP contribution in [0, 0.1) is 19.3 Å². The number of piperidine rings is 1. The first-order valence-electron chi connectivity index (χ1n) is 9.76. The molecule has 0 radical (unpaired) electrons. The molecule has 4 rings (SSSR count). The molecule has 0 aliphatic carbocycles. The summed E-state index contributed by atoms with van der Waals surface area (Å²) in [5.74, 6) is 0.121. The highest BCUT2D eigenvalue weighted by molar-refractivity contribution is 6.31. The summed E-state index contributed by atoms with van der Waals surface area (Å²) in [6.45, 7) is 8.38. The lowest BCUT2D eigenvalue weighted by molar-refractivity contribution is 0.0606. The second kappa shape index (κ2) is 8.44. The van der Waals surface area contributed by atoms with E-state index >= 15 is 0 Å². The van der Waals surface area contributed by atoms with Crippen molar-refractivity contribution in [3.05, 3.63) is 51.8 Å². The van der Waals surface area contributed by atoms with Gasteiger partial charge in [0.2, 0.25) is 0 Å². The highest BCUT2D eigenvalue weighted by Crippen LogP contribution is 2.37. The van der Waals surface area contributed by atoms with Crippen LogP contribution in [0.1, 0.15) is 46.6 Å². The first-order chi connectivity index (χ1) is 13.0. The molecule has 2 aliphatic rings. The number of nitrogens with zero attached hydrogens (tertiary/aromatic N) is 3. The Balaban J connectivity index is 0.00000225. The van der Waals surface area contributed by atoms with E-state index in [-0.39, 0.29) is 18.3 Å². The Morgan fingerprint density at radius 1 is 1.21 bits per heavy atom. The first kappa shape index (κ1) is 21.2. The maximum absolute atomic E-state index is 13.2. The molecule has 0 bridgehead atoms. The van der Waals surface area contributed by atoms with E-state index in [0.717, 1.165) is 66.6 Å². The Bertz CT molecular complexity index is 848. The Hall–Kier alpha value is -1.56. The first-order valence-corrected chi connectivity index (χ1v) is 10.1. The molecule has 0 saturated carbocycles. The quantitative estimate of drug-likeness (QED) is 0.816. The molecule has 3 heterocycles. The number of halogens is 2. The largest absolute Gasteiger partial charge is 0.338 e. The maximum atomic E-state index is 13.2. The van der Waals surface area contributed by atoms with Gasteiger partial charge in [-0.15, -0.1) is 12.4 Å². The van der Waals surface area contributed by atoms with Gasteiger partial charge in [0.1, 0.15) is 0 Å². The van der Waals surface area contributed by atoms with E-state index in [1.54, 1.807) is 0 Å². The molecule has 1 spiro atoms. The van der Waals surface area contributed by atoms with E-state index < -0.39 is 0 Å². The normalized spacial score (nSPS) is 18.3. The minimum Gasteiger partial charge on any atom is -0.338 e. The molecule has 2 saturated heterocycles. The Kier molecular flexibility index (Phi) is 6.37. The fraction of sp³-hybridized carbons (Fsp3) is 0.524. The van der Waals surface area contributed by atoms with Gasteiger partial charge in [-0.25, -0.2) is 0 Å². The number of hydrogen-bond donors (Lipinski definition) is 1. The second-order valence-corrected chi connectivity index (χ2v) is 8.42.